The molecule has 4 saturated carbocycles. The molecule has 4 bridgehead atoms. The first kappa shape index (κ1) is 36.7. The highest BCUT2D eigenvalue weighted by Gasteiger charge is 2.68. The van der Waals surface area contributed by atoms with E-state index in [0.29, 0.717) is 53.1 Å². The monoisotopic (exact) mass is 751 g/mol. The average Bonchev–Trinajstić information content (AvgIpc) is 3.83. The van der Waals surface area contributed by atoms with Crippen LogP contribution in [0.1, 0.15) is 90.2 Å². The Balaban J connectivity index is 1.39. The molecular formula is C40H54BrN3O6. The SMILES string of the molecule is COc1cccc(OC)c1C(C=C(N)C(=O)NC1(C2OC2OC(C)(C)C)C2CC3CC(C2)CC1C3)=Nc1ccc(OCCCBr)cc1C(C)C. The van der Waals surface area contributed by atoms with Gasteiger partial charge in [0.2, 0.25) is 0 Å². The Morgan fingerprint density at radius 1 is 1.06 bits per heavy atom. The van der Waals surface area contributed by atoms with Crippen LogP contribution in [0.4, 0.5) is 5.69 Å². The van der Waals surface area contributed by atoms with E-state index in [1.54, 1.807) is 20.3 Å². The van der Waals surface area contributed by atoms with E-state index in [1.165, 1.54) is 6.42 Å². The molecule has 272 valence electrons. The number of nitrogens with zero attached hydrogens (tertiary/aromatic N) is 1. The quantitative estimate of drug-likeness (QED) is 0.0665. The molecule has 10 heteroatoms. The fourth-order valence-corrected chi connectivity index (χ4v) is 9.11. The first-order valence-corrected chi connectivity index (χ1v) is 19.2. The molecule has 1 heterocycles. The van der Waals surface area contributed by atoms with Gasteiger partial charge in [-0.15, -0.1) is 0 Å². The molecule has 5 fully saturated rings. The number of rotatable bonds is 14. The summed E-state index contributed by atoms with van der Waals surface area (Å²) >= 11 is 3.47. The summed E-state index contributed by atoms with van der Waals surface area (Å²) in [5.74, 6) is 3.78. The summed E-state index contributed by atoms with van der Waals surface area (Å²) in [7, 11) is 3.21. The van der Waals surface area contributed by atoms with Gasteiger partial charge in [-0.1, -0.05) is 35.8 Å². The number of ether oxygens (including phenoxy) is 5. The van der Waals surface area contributed by atoms with Crippen molar-refractivity contribution >= 4 is 33.2 Å². The molecule has 1 saturated heterocycles. The van der Waals surface area contributed by atoms with Crippen molar-refractivity contribution in [2.75, 3.05) is 26.2 Å². The molecule has 50 heavy (non-hydrogen) atoms. The van der Waals surface area contributed by atoms with E-state index in [1.807, 2.05) is 57.2 Å². The minimum absolute atomic E-state index is 0.0552. The molecule has 1 amide bonds. The summed E-state index contributed by atoms with van der Waals surface area (Å²) in [5, 5.41) is 4.39. The van der Waals surface area contributed by atoms with Crippen LogP contribution in [0, 0.1) is 23.7 Å². The maximum atomic E-state index is 14.4. The minimum Gasteiger partial charge on any atom is -0.496 e. The zero-order chi connectivity index (χ0) is 35.8. The van der Waals surface area contributed by atoms with E-state index in [0.717, 1.165) is 54.4 Å². The number of amides is 1. The van der Waals surface area contributed by atoms with Gasteiger partial charge in [0.05, 0.1) is 54.6 Å². The molecule has 2 aromatic rings. The lowest BCUT2D eigenvalue weighted by Crippen LogP contribution is -2.69. The molecular weight excluding hydrogens is 698 g/mol. The first-order chi connectivity index (χ1) is 23.9. The van der Waals surface area contributed by atoms with Gasteiger partial charge in [-0.3, -0.25) is 4.79 Å². The highest BCUT2D eigenvalue weighted by Crippen LogP contribution is 2.62. The average molecular weight is 753 g/mol. The summed E-state index contributed by atoms with van der Waals surface area (Å²) in [6, 6.07) is 11.5. The zero-order valence-corrected chi connectivity index (χ0v) is 32.2. The van der Waals surface area contributed by atoms with Crippen molar-refractivity contribution in [1.82, 2.24) is 5.32 Å². The predicted molar refractivity (Wildman–Crippen MR) is 200 cm³/mol. The van der Waals surface area contributed by atoms with Gasteiger partial charge in [-0.25, -0.2) is 4.99 Å². The van der Waals surface area contributed by atoms with Gasteiger partial charge in [-0.2, -0.15) is 0 Å². The number of allylic oxidation sites excluding steroid dienone is 1. The second kappa shape index (κ2) is 14.9. The fourth-order valence-electron chi connectivity index (χ4n) is 8.89. The molecule has 0 radical (unpaired) electrons. The number of hydrogen-bond donors (Lipinski definition) is 2. The van der Waals surface area contributed by atoms with Crippen LogP contribution in [-0.4, -0.2) is 61.3 Å². The number of carbonyl (C=O) groups is 1. The Bertz CT molecular complexity index is 1560. The lowest BCUT2D eigenvalue weighted by Gasteiger charge is -2.61. The van der Waals surface area contributed by atoms with Crippen LogP contribution >= 0.6 is 15.9 Å². The van der Waals surface area contributed by atoms with Gasteiger partial charge >= 0.3 is 0 Å². The van der Waals surface area contributed by atoms with Gasteiger partial charge in [0.1, 0.15) is 23.4 Å². The third kappa shape index (κ3) is 7.58. The Hall–Kier alpha value is -3.08. The molecule has 7 rings (SSSR count). The second-order valence-electron chi connectivity index (χ2n) is 15.7. The number of methoxy groups -OCH3 is 2. The Labute approximate surface area is 305 Å². The topological polar surface area (TPSA) is 117 Å². The molecule has 0 aromatic heterocycles. The van der Waals surface area contributed by atoms with Crippen molar-refractivity contribution in [2.24, 2.45) is 34.4 Å². The van der Waals surface area contributed by atoms with E-state index >= 15 is 0 Å². The van der Waals surface area contributed by atoms with Crippen molar-refractivity contribution in [3.05, 3.63) is 59.3 Å². The number of epoxide rings is 1. The number of benzene rings is 2. The Kier molecular flexibility index (Phi) is 10.9. The fraction of sp³-hybridized carbons (Fsp3) is 0.600. The molecule has 9 nitrogen and oxygen atoms in total. The van der Waals surface area contributed by atoms with E-state index < -0.39 is 5.54 Å². The summed E-state index contributed by atoms with van der Waals surface area (Å²) < 4.78 is 30.2. The standard InChI is InChI=1S/C40H54BrN3O6/c1-23(2)29-21-28(48-15-9-14-41)12-13-31(29)43-32(35-33(46-6)10-8-11-34(35)47-7)22-30(42)37(45)44-40(36-38(49-36)50-39(3,4)5)26-17-24-16-25(19-26)20-27(40)18-24/h8,10-13,21-27,36,38H,9,14-20,42H2,1-7H3,(H,44,45). The first-order valence-electron chi connectivity index (χ1n) is 18.1. The van der Waals surface area contributed by atoms with Crippen molar-refractivity contribution in [3.8, 4) is 17.2 Å². The third-order valence-corrected chi connectivity index (χ3v) is 11.4. The number of halogens is 1. The van der Waals surface area contributed by atoms with E-state index in [9.17, 15) is 4.79 Å². The number of hydrogen-bond acceptors (Lipinski definition) is 8. The summed E-state index contributed by atoms with van der Waals surface area (Å²) in [6.45, 7) is 11.0. The molecule has 2 aromatic carbocycles. The molecule has 5 aliphatic rings. The van der Waals surface area contributed by atoms with Gasteiger partial charge < -0.3 is 34.7 Å². The van der Waals surface area contributed by atoms with E-state index in [2.05, 4.69) is 35.1 Å². The third-order valence-electron chi connectivity index (χ3n) is 10.9. The number of nitrogens with one attached hydrogen (secondary N) is 1. The normalized spacial score (nSPS) is 28.9. The van der Waals surface area contributed by atoms with Crippen molar-refractivity contribution in [1.29, 1.82) is 0 Å². The largest absolute Gasteiger partial charge is 0.496 e. The van der Waals surface area contributed by atoms with Crippen molar-refractivity contribution < 1.29 is 28.5 Å². The zero-order valence-electron chi connectivity index (χ0n) is 30.6. The van der Waals surface area contributed by atoms with Crippen molar-refractivity contribution in [3.63, 3.8) is 0 Å². The van der Waals surface area contributed by atoms with Gasteiger partial charge in [0.15, 0.2) is 6.29 Å². The van der Waals surface area contributed by atoms with Crippen LogP contribution < -0.4 is 25.3 Å². The number of aliphatic imine (C=N–C) groups is 1. The van der Waals surface area contributed by atoms with Crippen LogP contribution in [0.2, 0.25) is 0 Å². The highest BCUT2D eigenvalue weighted by molar-refractivity contribution is 9.09. The molecule has 2 atom stereocenters. The maximum Gasteiger partial charge on any atom is 0.267 e. The highest BCUT2D eigenvalue weighted by atomic mass is 79.9. The molecule has 0 spiro atoms. The predicted octanol–water partition coefficient (Wildman–Crippen LogP) is 7.81. The van der Waals surface area contributed by atoms with Gasteiger partial charge in [0, 0.05) is 5.33 Å². The van der Waals surface area contributed by atoms with Crippen molar-refractivity contribution in [2.45, 2.75) is 103 Å². The summed E-state index contributed by atoms with van der Waals surface area (Å²) in [6.07, 6.45) is 7.68. The van der Waals surface area contributed by atoms with Gasteiger partial charge in [-0.05, 0) is 131 Å². The smallest absolute Gasteiger partial charge is 0.267 e. The molecule has 2 unspecified atom stereocenters. The number of carbonyl (C=O) groups excluding carboxylic acids is 1. The summed E-state index contributed by atoms with van der Waals surface area (Å²) in [4.78, 5) is 19.6. The number of nitrogens with two attached hydrogens (primary N) is 1. The van der Waals surface area contributed by atoms with Crippen LogP contribution in [0.15, 0.2) is 53.2 Å². The van der Waals surface area contributed by atoms with E-state index in [-0.39, 0.29) is 35.5 Å². The van der Waals surface area contributed by atoms with Crippen LogP contribution in [-0.2, 0) is 14.3 Å². The molecule has 1 aliphatic heterocycles. The second-order valence-corrected chi connectivity index (χ2v) is 16.5. The van der Waals surface area contributed by atoms with E-state index in [4.69, 9.17) is 34.4 Å². The van der Waals surface area contributed by atoms with Crippen LogP contribution in [0.5, 0.6) is 17.2 Å². The van der Waals surface area contributed by atoms with Gasteiger partial charge in [0.25, 0.3) is 5.91 Å². The Morgan fingerprint density at radius 2 is 1.70 bits per heavy atom. The number of alkyl halides is 1. The molecule has 3 N–H and O–H groups in total. The Morgan fingerprint density at radius 3 is 2.26 bits per heavy atom. The lowest BCUT2D eigenvalue weighted by atomic mass is 9.47. The lowest BCUT2D eigenvalue weighted by molar-refractivity contribution is -0.131. The summed E-state index contributed by atoms with van der Waals surface area (Å²) in [5.41, 5.74) is 8.76. The van der Waals surface area contributed by atoms with Crippen LogP contribution in [0.3, 0.4) is 0 Å². The maximum absolute atomic E-state index is 14.4. The minimum atomic E-state index is -0.534. The van der Waals surface area contributed by atoms with Crippen LogP contribution in [0.25, 0.3) is 0 Å². The molecule has 4 aliphatic carbocycles.